The SMILES string of the molecule is Cn1nc(C(F)(F)F)c(Cl)c1C(=O)Nc1cnn(Cc2ccccc2)c1. The van der Waals surface area contributed by atoms with Crippen LogP contribution in [0, 0.1) is 0 Å². The first-order valence-electron chi connectivity index (χ1n) is 7.43. The third-order valence-electron chi connectivity index (χ3n) is 3.55. The number of aryl methyl sites for hydroxylation is 1. The minimum absolute atomic E-state index is 0.330. The predicted molar refractivity (Wildman–Crippen MR) is 88.9 cm³/mol. The standard InChI is InChI=1S/C16H13ClF3N5O/c1-24-13(12(17)14(23-24)16(18,19)20)15(26)22-11-7-21-25(9-11)8-10-5-3-2-4-6-10/h2-7,9H,8H2,1H3,(H,22,26). The van der Waals surface area contributed by atoms with Crippen LogP contribution in [0.2, 0.25) is 5.02 Å². The van der Waals surface area contributed by atoms with Gasteiger partial charge in [-0.3, -0.25) is 14.2 Å². The molecule has 0 atom stereocenters. The maximum absolute atomic E-state index is 12.8. The van der Waals surface area contributed by atoms with Gasteiger partial charge in [0.2, 0.25) is 0 Å². The monoisotopic (exact) mass is 383 g/mol. The van der Waals surface area contributed by atoms with Crippen molar-refractivity contribution in [3.05, 3.63) is 64.7 Å². The molecule has 1 aromatic carbocycles. The number of anilines is 1. The third kappa shape index (κ3) is 3.72. The normalized spacial score (nSPS) is 11.6. The molecule has 0 unspecified atom stereocenters. The number of amides is 1. The molecule has 0 aliphatic heterocycles. The molecule has 3 aromatic rings. The van der Waals surface area contributed by atoms with Crippen molar-refractivity contribution in [1.29, 1.82) is 0 Å². The van der Waals surface area contributed by atoms with E-state index in [0.717, 1.165) is 10.2 Å². The maximum atomic E-state index is 12.8. The van der Waals surface area contributed by atoms with Gasteiger partial charge in [0.15, 0.2) is 5.69 Å². The molecule has 1 amide bonds. The van der Waals surface area contributed by atoms with Crippen LogP contribution in [0.25, 0.3) is 0 Å². The number of hydrogen-bond donors (Lipinski definition) is 1. The maximum Gasteiger partial charge on any atom is 0.436 e. The van der Waals surface area contributed by atoms with Gasteiger partial charge in [-0.1, -0.05) is 41.9 Å². The lowest BCUT2D eigenvalue weighted by atomic mass is 10.2. The Morgan fingerprint density at radius 3 is 2.58 bits per heavy atom. The number of hydrogen-bond acceptors (Lipinski definition) is 3. The van der Waals surface area contributed by atoms with Crippen LogP contribution in [0.5, 0.6) is 0 Å². The average molecular weight is 384 g/mol. The van der Waals surface area contributed by atoms with Gasteiger partial charge in [-0.05, 0) is 5.56 Å². The quantitative estimate of drug-likeness (QED) is 0.748. The largest absolute Gasteiger partial charge is 0.436 e. The average Bonchev–Trinajstić information content (AvgIpc) is 3.11. The van der Waals surface area contributed by atoms with Crippen molar-refractivity contribution in [3.63, 3.8) is 0 Å². The van der Waals surface area contributed by atoms with Crippen LogP contribution in [0.15, 0.2) is 42.7 Å². The fourth-order valence-electron chi connectivity index (χ4n) is 2.40. The minimum atomic E-state index is -4.74. The summed E-state index contributed by atoms with van der Waals surface area (Å²) in [6.07, 6.45) is -1.77. The highest BCUT2D eigenvalue weighted by Gasteiger charge is 2.39. The van der Waals surface area contributed by atoms with Crippen molar-refractivity contribution in [2.45, 2.75) is 12.7 Å². The Labute approximate surface area is 151 Å². The van der Waals surface area contributed by atoms with E-state index in [2.05, 4.69) is 15.5 Å². The molecule has 6 nitrogen and oxygen atoms in total. The van der Waals surface area contributed by atoms with E-state index in [1.165, 1.54) is 13.2 Å². The Morgan fingerprint density at radius 1 is 1.27 bits per heavy atom. The van der Waals surface area contributed by atoms with E-state index >= 15 is 0 Å². The van der Waals surface area contributed by atoms with Gasteiger partial charge >= 0.3 is 6.18 Å². The molecule has 3 rings (SSSR count). The molecule has 0 bridgehead atoms. The molecule has 10 heteroatoms. The van der Waals surface area contributed by atoms with Crippen LogP contribution in [-0.4, -0.2) is 25.5 Å². The first kappa shape index (κ1) is 18.0. The molecular formula is C16H13ClF3N5O. The van der Waals surface area contributed by atoms with E-state index in [9.17, 15) is 18.0 Å². The van der Waals surface area contributed by atoms with E-state index in [-0.39, 0.29) is 5.69 Å². The van der Waals surface area contributed by atoms with Gasteiger partial charge in [0.1, 0.15) is 10.7 Å². The molecular weight excluding hydrogens is 371 g/mol. The number of carbonyl (C=O) groups excluding carboxylic acids is 1. The Hall–Kier alpha value is -2.81. The molecule has 2 heterocycles. The molecule has 0 aliphatic carbocycles. The van der Waals surface area contributed by atoms with Crippen LogP contribution >= 0.6 is 11.6 Å². The molecule has 0 saturated carbocycles. The van der Waals surface area contributed by atoms with Crippen LogP contribution in [0.4, 0.5) is 18.9 Å². The highest BCUT2D eigenvalue weighted by atomic mass is 35.5. The van der Waals surface area contributed by atoms with Crippen LogP contribution in [0.1, 0.15) is 21.7 Å². The molecule has 2 aromatic heterocycles. The molecule has 0 saturated heterocycles. The number of nitrogens with zero attached hydrogens (tertiary/aromatic N) is 4. The van der Waals surface area contributed by atoms with Gasteiger partial charge in [-0.15, -0.1) is 0 Å². The summed E-state index contributed by atoms with van der Waals surface area (Å²) in [5.41, 5.74) is -0.337. The lowest BCUT2D eigenvalue weighted by Gasteiger charge is -2.04. The second-order valence-electron chi connectivity index (χ2n) is 5.50. The summed E-state index contributed by atoms with van der Waals surface area (Å²) >= 11 is 5.70. The summed E-state index contributed by atoms with van der Waals surface area (Å²) in [7, 11) is 1.22. The number of benzene rings is 1. The van der Waals surface area contributed by atoms with Crippen molar-refractivity contribution in [1.82, 2.24) is 19.6 Å². The highest BCUT2D eigenvalue weighted by Crippen LogP contribution is 2.35. The Balaban J connectivity index is 1.76. The number of aromatic nitrogens is 4. The summed E-state index contributed by atoms with van der Waals surface area (Å²) in [4.78, 5) is 12.3. The molecule has 26 heavy (non-hydrogen) atoms. The molecule has 0 fully saturated rings. The van der Waals surface area contributed by atoms with Gasteiger partial charge in [0.25, 0.3) is 5.91 Å². The van der Waals surface area contributed by atoms with Crippen molar-refractivity contribution in [2.75, 3.05) is 5.32 Å². The first-order chi connectivity index (χ1) is 12.3. The van der Waals surface area contributed by atoms with E-state index < -0.39 is 22.8 Å². The van der Waals surface area contributed by atoms with Crippen molar-refractivity contribution >= 4 is 23.2 Å². The van der Waals surface area contributed by atoms with Crippen molar-refractivity contribution in [3.8, 4) is 0 Å². The summed E-state index contributed by atoms with van der Waals surface area (Å²) in [5, 5.41) is 9.13. The zero-order chi connectivity index (χ0) is 18.9. The van der Waals surface area contributed by atoms with E-state index in [1.54, 1.807) is 10.9 Å². The summed E-state index contributed by atoms with van der Waals surface area (Å²) in [6.45, 7) is 0.487. The van der Waals surface area contributed by atoms with E-state index in [0.29, 0.717) is 12.2 Å². The lowest BCUT2D eigenvalue weighted by molar-refractivity contribution is -0.141. The molecule has 1 N–H and O–H groups in total. The number of carbonyl (C=O) groups is 1. The van der Waals surface area contributed by atoms with Gasteiger partial charge in [-0.2, -0.15) is 23.4 Å². The van der Waals surface area contributed by atoms with Crippen LogP contribution in [0.3, 0.4) is 0 Å². The Morgan fingerprint density at radius 2 is 1.96 bits per heavy atom. The topological polar surface area (TPSA) is 64.7 Å². The Bertz CT molecular complexity index is 933. The lowest BCUT2D eigenvalue weighted by Crippen LogP contribution is -2.16. The molecule has 0 aliphatic rings. The zero-order valence-electron chi connectivity index (χ0n) is 13.5. The summed E-state index contributed by atoms with van der Waals surface area (Å²) in [6, 6.07) is 9.53. The van der Waals surface area contributed by atoms with E-state index in [1.807, 2.05) is 30.3 Å². The smallest absolute Gasteiger partial charge is 0.318 e. The number of rotatable bonds is 4. The first-order valence-corrected chi connectivity index (χ1v) is 7.81. The fraction of sp³-hybridized carbons (Fsp3) is 0.188. The third-order valence-corrected chi connectivity index (χ3v) is 3.91. The Kier molecular flexibility index (Phi) is 4.73. The zero-order valence-corrected chi connectivity index (χ0v) is 14.2. The summed E-state index contributed by atoms with van der Waals surface area (Å²) < 4.78 is 40.9. The molecule has 0 spiro atoms. The van der Waals surface area contributed by atoms with Crippen molar-refractivity contribution in [2.24, 2.45) is 7.05 Å². The number of nitrogens with one attached hydrogen (secondary N) is 1. The fourth-order valence-corrected chi connectivity index (χ4v) is 2.75. The van der Waals surface area contributed by atoms with Crippen molar-refractivity contribution < 1.29 is 18.0 Å². The minimum Gasteiger partial charge on any atom is -0.318 e. The predicted octanol–water partition coefficient (Wildman–Crippen LogP) is 3.59. The number of halogens is 4. The van der Waals surface area contributed by atoms with Gasteiger partial charge in [0, 0.05) is 13.2 Å². The van der Waals surface area contributed by atoms with Gasteiger partial charge < -0.3 is 5.32 Å². The molecule has 0 radical (unpaired) electrons. The highest BCUT2D eigenvalue weighted by molar-refractivity contribution is 6.34. The van der Waals surface area contributed by atoms with Crippen LogP contribution in [-0.2, 0) is 19.8 Å². The molecule has 136 valence electrons. The summed E-state index contributed by atoms with van der Waals surface area (Å²) in [5.74, 6) is -0.806. The second-order valence-corrected chi connectivity index (χ2v) is 5.88. The second kappa shape index (κ2) is 6.83. The van der Waals surface area contributed by atoms with Gasteiger partial charge in [0.05, 0.1) is 18.4 Å². The van der Waals surface area contributed by atoms with Crippen LogP contribution < -0.4 is 5.32 Å². The van der Waals surface area contributed by atoms with E-state index in [4.69, 9.17) is 11.6 Å². The van der Waals surface area contributed by atoms with Gasteiger partial charge in [-0.25, -0.2) is 0 Å². The number of alkyl halides is 3.